The minimum absolute atomic E-state index is 0.204. The highest BCUT2D eigenvalue weighted by Crippen LogP contribution is 2.20. The van der Waals surface area contributed by atoms with Crippen LogP contribution in [0.4, 0.5) is 13.2 Å². The van der Waals surface area contributed by atoms with Crippen molar-refractivity contribution in [2.75, 3.05) is 0 Å². The van der Waals surface area contributed by atoms with Gasteiger partial charge < -0.3 is 10.4 Å². The second kappa shape index (κ2) is 5.55. The van der Waals surface area contributed by atoms with Gasteiger partial charge in [0.15, 0.2) is 0 Å². The van der Waals surface area contributed by atoms with Gasteiger partial charge in [-0.2, -0.15) is 13.2 Å². The zero-order valence-corrected chi connectivity index (χ0v) is 9.78. The van der Waals surface area contributed by atoms with Gasteiger partial charge in [-0.05, 0) is 12.5 Å². The van der Waals surface area contributed by atoms with Crippen molar-refractivity contribution in [3.63, 3.8) is 0 Å². The van der Waals surface area contributed by atoms with Gasteiger partial charge in [-0.1, -0.05) is 30.3 Å². The Morgan fingerprint density at radius 2 is 1.68 bits per heavy atom. The van der Waals surface area contributed by atoms with Crippen LogP contribution in [-0.2, 0) is 9.59 Å². The van der Waals surface area contributed by atoms with E-state index in [0.29, 0.717) is 0 Å². The average Bonchev–Trinajstić information content (AvgIpc) is 2.28. The maximum atomic E-state index is 12.1. The Labute approximate surface area is 106 Å². The van der Waals surface area contributed by atoms with Crippen molar-refractivity contribution in [1.29, 1.82) is 0 Å². The van der Waals surface area contributed by atoms with Crippen LogP contribution >= 0.6 is 0 Å². The van der Waals surface area contributed by atoms with E-state index in [1.54, 1.807) is 6.07 Å². The maximum Gasteiger partial charge on any atom is 0.471 e. The monoisotopic (exact) mass is 273 g/mol. The van der Waals surface area contributed by atoms with E-state index in [0.717, 1.165) is 6.92 Å². The van der Waals surface area contributed by atoms with E-state index >= 15 is 0 Å². The van der Waals surface area contributed by atoms with Crippen molar-refractivity contribution in [2.45, 2.75) is 13.1 Å². The lowest BCUT2D eigenvalue weighted by atomic mass is 10.0. The predicted octanol–water partition coefficient (Wildman–Crippen LogP) is 2.18. The summed E-state index contributed by atoms with van der Waals surface area (Å²) in [6.45, 7) is 1.10. The second-order valence-corrected chi connectivity index (χ2v) is 3.62. The summed E-state index contributed by atoms with van der Waals surface area (Å²) in [4.78, 5) is 21.9. The van der Waals surface area contributed by atoms with E-state index in [1.807, 2.05) is 0 Å². The molecule has 0 heterocycles. The van der Waals surface area contributed by atoms with Crippen molar-refractivity contribution < 1.29 is 27.9 Å². The van der Waals surface area contributed by atoms with Gasteiger partial charge in [-0.15, -0.1) is 0 Å². The van der Waals surface area contributed by atoms with Crippen LogP contribution < -0.4 is 5.32 Å². The molecular formula is C12H10F3NO3. The number of benzene rings is 1. The number of aliphatic carboxylic acids is 1. The van der Waals surface area contributed by atoms with Crippen molar-refractivity contribution in [3.05, 3.63) is 41.6 Å². The number of carboxylic acid groups (broad SMARTS) is 1. The number of carbonyl (C=O) groups excluding carboxylic acids is 1. The molecule has 0 saturated heterocycles. The molecule has 7 heteroatoms. The Kier molecular flexibility index (Phi) is 4.31. The number of hydrogen-bond acceptors (Lipinski definition) is 2. The number of amides is 1. The lowest BCUT2D eigenvalue weighted by molar-refractivity contribution is -0.172. The first-order valence-corrected chi connectivity index (χ1v) is 5.11. The van der Waals surface area contributed by atoms with E-state index in [2.05, 4.69) is 0 Å². The van der Waals surface area contributed by atoms with Gasteiger partial charge in [-0.25, -0.2) is 4.79 Å². The average molecular weight is 273 g/mol. The van der Waals surface area contributed by atoms with Crippen molar-refractivity contribution >= 4 is 17.4 Å². The van der Waals surface area contributed by atoms with Crippen LogP contribution in [0.15, 0.2) is 36.0 Å². The van der Waals surface area contributed by atoms with Gasteiger partial charge >= 0.3 is 18.1 Å². The molecule has 1 aromatic carbocycles. The standard InChI is InChI=1S/C12H10F3NO3/c1-7(16-11(19)12(13,14)15)9(10(17)18)8-5-3-2-4-6-8/h2-6H,1H3,(H,16,19)(H,17,18). The first kappa shape index (κ1) is 14.7. The van der Waals surface area contributed by atoms with Crippen LogP contribution in [-0.4, -0.2) is 23.2 Å². The topological polar surface area (TPSA) is 66.4 Å². The first-order chi connectivity index (χ1) is 8.73. The third-order valence-corrected chi connectivity index (χ3v) is 2.21. The number of hydrogen-bond donors (Lipinski definition) is 2. The molecule has 0 atom stereocenters. The summed E-state index contributed by atoms with van der Waals surface area (Å²) in [6, 6.07) is 7.56. The highest BCUT2D eigenvalue weighted by molar-refractivity contribution is 6.16. The summed E-state index contributed by atoms with van der Waals surface area (Å²) < 4.78 is 36.3. The minimum atomic E-state index is -5.07. The number of halogens is 3. The van der Waals surface area contributed by atoms with Crippen LogP contribution in [0.2, 0.25) is 0 Å². The van der Waals surface area contributed by atoms with Crippen LogP contribution in [0.25, 0.3) is 5.57 Å². The highest BCUT2D eigenvalue weighted by atomic mass is 19.4. The van der Waals surface area contributed by atoms with Crippen molar-refractivity contribution in [3.8, 4) is 0 Å². The van der Waals surface area contributed by atoms with E-state index in [9.17, 15) is 22.8 Å². The van der Waals surface area contributed by atoms with Crippen LogP contribution in [0.1, 0.15) is 12.5 Å². The van der Waals surface area contributed by atoms with Crippen LogP contribution in [0.3, 0.4) is 0 Å². The van der Waals surface area contributed by atoms with Gasteiger partial charge in [0, 0.05) is 5.70 Å². The molecule has 0 aliphatic rings. The van der Waals surface area contributed by atoms with Gasteiger partial charge in [0.25, 0.3) is 0 Å². The molecule has 0 fully saturated rings. The molecule has 0 aliphatic heterocycles. The first-order valence-electron chi connectivity index (χ1n) is 5.11. The largest absolute Gasteiger partial charge is 0.478 e. The van der Waals surface area contributed by atoms with E-state index in [4.69, 9.17) is 5.11 Å². The molecule has 0 unspecified atom stereocenters. The van der Waals surface area contributed by atoms with Gasteiger partial charge in [0.2, 0.25) is 0 Å². The number of carboxylic acids is 1. The molecule has 4 nitrogen and oxygen atoms in total. The Bertz CT molecular complexity index is 521. The SMILES string of the molecule is CC(NC(=O)C(F)(F)F)=C(C(=O)O)c1ccccc1. The fraction of sp³-hybridized carbons (Fsp3) is 0.167. The quantitative estimate of drug-likeness (QED) is 0.829. The zero-order valence-electron chi connectivity index (χ0n) is 9.78. The molecule has 0 spiro atoms. The van der Waals surface area contributed by atoms with Gasteiger partial charge in [-0.3, -0.25) is 4.79 Å². The fourth-order valence-electron chi connectivity index (χ4n) is 1.41. The third kappa shape index (κ3) is 3.84. The molecular weight excluding hydrogens is 263 g/mol. The van der Waals surface area contributed by atoms with E-state index in [-0.39, 0.29) is 11.3 Å². The summed E-state index contributed by atoms with van der Waals surface area (Å²) in [5.74, 6) is -3.63. The molecule has 102 valence electrons. The molecule has 2 N–H and O–H groups in total. The normalized spacial score (nSPS) is 12.6. The smallest absolute Gasteiger partial charge is 0.471 e. The van der Waals surface area contributed by atoms with Gasteiger partial charge in [0.05, 0.1) is 5.57 Å². The van der Waals surface area contributed by atoms with E-state index in [1.165, 1.54) is 29.6 Å². The Hall–Kier alpha value is -2.31. The number of carbonyl (C=O) groups is 2. The van der Waals surface area contributed by atoms with Crippen LogP contribution in [0, 0.1) is 0 Å². The van der Waals surface area contributed by atoms with Gasteiger partial charge in [0.1, 0.15) is 0 Å². The summed E-state index contributed by atoms with van der Waals surface area (Å²) in [5, 5.41) is 10.6. The maximum absolute atomic E-state index is 12.1. The fourth-order valence-corrected chi connectivity index (χ4v) is 1.41. The number of rotatable bonds is 3. The lowest BCUT2D eigenvalue weighted by Crippen LogP contribution is -2.36. The summed E-state index contributed by atoms with van der Waals surface area (Å²) in [7, 11) is 0. The highest BCUT2D eigenvalue weighted by Gasteiger charge is 2.39. The third-order valence-electron chi connectivity index (χ3n) is 2.21. The predicted molar refractivity (Wildman–Crippen MR) is 60.9 cm³/mol. The number of nitrogens with one attached hydrogen (secondary N) is 1. The molecule has 19 heavy (non-hydrogen) atoms. The molecule has 1 rings (SSSR count). The summed E-state index contributed by atoms with van der Waals surface area (Å²) >= 11 is 0. The molecule has 0 radical (unpaired) electrons. The molecule has 0 saturated carbocycles. The second-order valence-electron chi connectivity index (χ2n) is 3.62. The molecule has 0 bridgehead atoms. The van der Waals surface area contributed by atoms with E-state index < -0.39 is 23.6 Å². The minimum Gasteiger partial charge on any atom is -0.478 e. The lowest BCUT2D eigenvalue weighted by Gasteiger charge is -2.11. The Morgan fingerprint density at radius 1 is 1.16 bits per heavy atom. The Balaban J connectivity index is 3.14. The Morgan fingerprint density at radius 3 is 2.11 bits per heavy atom. The van der Waals surface area contributed by atoms with Crippen molar-refractivity contribution in [2.24, 2.45) is 0 Å². The molecule has 0 aliphatic carbocycles. The molecule has 1 amide bonds. The summed E-state index contributed by atoms with van der Waals surface area (Å²) in [5.41, 5.74) is -0.561. The summed E-state index contributed by atoms with van der Waals surface area (Å²) in [6.07, 6.45) is -5.07. The molecule has 0 aromatic heterocycles. The van der Waals surface area contributed by atoms with Crippen molar-refractivity contribution in [1.82, 2.24) is 5.32 Å². The van der Waals surface area contributed by atoms with Crippen LogP contribution in [0.5, 0.6) is 0 Å². The number of allylic oxidation sites excluding steroid dienone is 1. The number of alkyl halides is 3. The molecule has 1 aromatic rings. The zero-order chi connectivity index (χ0) is 14.6.